The number of rotatable bonds is 4. The molecule has 41 heavy (non-hydrogen) atoms. The number of esters is 1. The van der Waals surface area contributed by atoms with E-state index < -0.39 is 11.6 Å². The largest absolute Gasteiger partial charge is 0.458 e. The van der Waals surface area contributed by atoms with Gasteiger partial charge < -0.3 is 34.3 Å². The molecule has 0 spiro atoms. The lowest BCUT2D eigenvalue weighted by atomic mass is 9.86. The second-order valence-electron chi connectivity index (χ2n) is 11.6. The summed E-state index contributed by atoms with van der Waals surface area (Å²) in [6.45, 7) is 7.61. The van der Waals surface area contributed by atoms with Gasteiger partial charge in [-0.15, -0.1) is 0 Å². The van der Waals surface area contributed by atoms with Gasteiger partial charge >= 0.3 is 12.1 Å². The van der Waals surface area contributed by atoms with Crippen LogP contribution in [0.1, 0.15) is 49.4 Å². The molecule has 1 unspecified atom stereocenters. The highest BCUT2D eigenvalue weighted by Crippen LogP contribution is 2.40. The first-order chi connectivity index (χ1) is 19.5. The molecule has 1 amide bonds. The Kier molecular flexibility index (Phi) is 6.63. The van der Waals surface area contributed by atoms with Gasteiger partial charge in [0.1, 0.15) is 12.4 Å². The summed E-state index contributed by atoms with van der Waals surface area (Å²) in [5, 5.41) is 15.3. The number of carbonyl (C=O) groups is 2. The summed E-state index contributed by atoms with van der Waals surface area (Å²) in [4.78, 5) is 47.9. The Morgan fingerprint density at radius 2 is 2.05 bits per heavy atom. The predicted octanol–water partition coefficient (Wildman–Crippen LogP) is 2.32. The third-order valence-electron chi connectivity index (χ3n) is 8.43. The fourth-order valence-corrected chi connectivity index (χ4v) is 6.09. The lowest BCUT2D eigenvalue weighted by molar-refractivity contribution is -0.172. The highest BCUT2D eigenvalue weighted by Gasteiger charge is 2.45. The number of carbonyl (C=O) groups excluding carboxylic acids is 2. The van der Waals surface area contributed by atoms with Crippen molar-refractivity contribution in [3.63, 3.8) is 0 Å². The smallest absolute Gasteiger partial charge is 0.415 e. The highest BCUT2D eigenvalue weighted by molar-refractivity contribution is 5.90. The van der Waals surface area contributed by atoms with Crippen molar-refractivity contribution < 1.29 is 24.2 Å². The van der Waals surface area contributed by atoms with Crippen molar-refractivity contribution in [2.24, 2.45) is 0 Å². The van der Waals surface area contributed by atoms with Crippen molar-refractivity contribution in [3.05, 3.63) is 56.9 Å². The zero-order chi connectivity index (χ0) is 29.2. The first-order valence-electron chi connectivity index (χ1n) is 14.0. The molecule has 3 atom stereocenters. The molecule has 11 heteroatoms. The summed E-state index contributed by atoms with van der Waals surface area (Å²) in [5.74, 6) is -0.273. The van der Waals surface area contributed by atoms with Crippen molar-refractivity contribution >= 4 is 23.0 Å². The number of nitrogens with one attached hydrogen (secondary N) is 1. The van der Waals surface area contributed by atoms with E-state index in [9.17, 15) is 19.5 Å². The molecule has 1 aromatic carbocycles. The number of pyridine rings is 2. The number of aliphatic hydroxyl groups is 1. The number of cyclic esters (lactones) is 1. The van der Waals surface area contributed by atoms with Crippen molar-refractivity contribution in [1.29, 1.82) is 0 Å². The lowest BCUT2D eigenvalue weighted by Crippen LogP contribution is -2.56. The molecule has 2 N–H and O–H groups in total. The summed E-state index contributed by atoms with van der Waals surface area (Å²) in [6, 6.07) is 7.49. The van der Waals surface area contributed by atoms with Gasteiger partial charge in [-0.25, -0.2) is 14.6 Å². The zero-order valence-electron chi connectivity index (χ0n) is 24.0. The van der Waals surface area contributed by atoms with Crippen LogP contribution in [0.4, 0.5) is 4.79 Å². The molecular formula is C30H35N5O6. The third-order valence-corrected chi connectivity index (χ3v) is 8.43. The van der Waals surface area contributed by atoms with E-state index in [1.165, 1.54) is 0 Å². The quantitative estimate of drug-likeness (QED) is 0.361. The van der Waals surface area contributed by atoms with Crippen LogP contribution in [0.15, 0.2) is 29.1 Å². The maximum Gasteiger partial charge on any atom is 0.415 e. The van der Waals surface area contributed by atoms with E-state index in [-0.39, 0.29) is 47.9 Å². The van der Waals surface area contributed by atoms with Crippen LogP contribution in [0.25, 0.3) is 22.3 Å². The molecule has 0 saturated carbocycles. The summed E-state index contributed by atoms with van der Waals surface area (Å²) in [5.41, 5.74) is 1.92. The number of hydrogen-bond acceptors (Lipinski definition) is 9. The topological polar surface area (TPSA) is 126 Å². The maximum atomic E-state index is 13.5. The fraction of sp³-hybridized carbons (Fsp3) is 0.467. The van der Waals surface area contributed by atoms with Gasteiger partial charge in [0.15, 0.2) is 5.60 Å². The Morgan fingerprint density at radius 3 is 2.78 bits per heavy atom. The van der Waals surface area contributed by atoms with Gasteiger partial charge in [0, 0.05) is 53.8 Å². The van der Waals surface area contributed by atoms with E-state index in [1.807, 2.05) is 45.0 Å². The first-order valence-corrected chi connectivity index (χ1v) is 14.0. The van der Waals surface area contributed by atoms with Crippen LogP contribution in [-0.2, 0) is 34.8 Å². The lowest BCUT2D eigenvalue weighted by Gasteiger charge is -2.36. The van der Waals surface area contributed by atoms with Crippen LogP contribution >= 0.6 is 0 Å². The van der Waals surface area contributed by atoms with E-state index in [2.05, 4.69) is 5.32 Å². The number of aromatic nitrogens is 2. The molecule has 216 valence electrons. The van der Waals surface area contributed by atoms with E-state index in [1.54, 1.807) is 28.5 Å². The second-order valence-corrected chi connectivity index (χ2v) is 11.6. The van der Waals surface area contributed by atoms with Crippen LogP contribution in [0, 0.1) is 0 Å². The van der Waals surface area contributed by atoms with E-state index in [4.69, 9.17) is 14.5 Å². The minimum Gasteiger partial charge on any atom is -0.458 e. The fourth-order valence-electron chi connectivity index (χ4n) is 6.09. The van der Waals surface area contributed by atoms with E-state index in [0.717, 1.165) is 16.5 Å². The summed E-state index contributed by atoms with van der Waals surface area (Å²) >= 11 is 0. The number of fused-ring (bicyclic) bond motifs is 5. The SMILES string of the molecule is CCC1(O)C(=O)OCc2c1cc1n(c2=O)Cc2cc3c(CN(C)C)c(OC(=O)N4C[C@H](C)NC[C@H]4C)ccc3nc2-1. The average Bonchev–Trinajstić information content (AvgIpc) is 3.30. The van der Waals surface area contributed by atoms with Gasteiger partial charge in [-0.3, -0.25) is 4.79 Å². The molecule has 3 aliphatic rings. The third kappa shape index (κ3) is 4.39. The number of piperazine rings is 1. The molecule has 11 nitrogen and oxygen atoms in total. The monoisotopic (exact) mass is 561 g/mol. The zero-order valence-corrected chi connectivity index (χ0v) is 24.0. The average molecular weight is 562 g/mol. The van der Waals surface area contributed by atoms with Gasteiger partial charge in [-0.05, 0) is 58.6 Å². The van der Waals surface area contributed by atoms with Crippen molar-refractivity contribution in [2.75, 3.05) is 27.2 Å². The molecule has 6 rings (SSSR count). The Bertz CT molecular complexity index is 1650. The molecule has 2 aromatic heterocycles. The molecule has 3 aromatic rings. The second kappa shape index (κ2) is 9.93. The minimum atomic E-state index is -1.88. The molecule has 1 saturated heterocycles. The number of ether oxygens (including phenoxy) is 2. The number of hydrogen-bond donors (Lipinski definition) is 2. The number of nitrogens with zero attached hydrogens (tertiary/aromatic N) is 4. The van der Waals surface area contributed by atoms with Crippen LogP contribution in [0.5, 0.6) is 5.75 Å². The first kappa shape index (κ1) is 27.4. The summed E-state index contributed by atoms with van der Waals surface area (Å²) in [7, 11) is 3.90. The standard InChI is InChI=1S/C30H35N5O6/c1-6-30(39)22-10-24-26-18(13-35(24)27(36)21(22)15-40-28(30)37)9-19-20(14-33(4)5)25(8-7-23(19)32-26)41-29(38)34-12-16(2)31-11-17(34)3/h7-10,16-17,31,39H,6,11-15H2,1-5H3/t16-,17+,30?/m0/s1. The molecule has 0 radical (unpaired) electrons. The van der Waals surface area contributed by atoms with Crippen LogP contribution < -0.4 is 15.6 Å². The number of amides is 1. The summed E-state index contributed by atoms with van der Waals surface area (Å²) in [6.07, 6.45) is -0.301. The van der Waals surface area contributed by atoms with Gasteiger partial charge in [0.25, 0.3) is 5.56 Å². The van der Waals surface area contributed by atoms with Gasteiger partial charge in [-0.2, -0.15) is 0 Å². The van der Waals surface area contributed by atoms with E-state index >= 15 is 0 Å². The van der Waals surface area contributed by atoms with Gasteiger partial charge in [0.05, 0.1) is 29.0 Å². The molecule has 1 fully saturated rings. The van der Waals surface area contributed by atoms with Crippen molar-refractivity contribution in [3.8, 4) is 17.1 Å². The Hall–Kier alpha value is -3.80. The van der Waals surface area contributed by atoms with Crippen molar-refractivity contribution in [1.82, 2.24) is 24.7 Å². The Labute approximate surface area is 237 Å². The van der Waals surface area contributed by atoms with E-state index in [0.29, 0.717) is 48.8 Å². The molecule has 3 aliphatic heterocycles. The van der Waals surface area contributed by atoms with Crippen molar-refractivity contribution in [2.45, 2.75) is 64.6 Å². The highest BCUT2D eigenvalue weighted by atomic mass is 16.6. The normalized spacial score (nSPS) is 23.3. The molecule has 0 aliphatic carbocycles. The van der Waals surface area contributed by atoms with Crippen LogP contribution in [0.2, 0.25) is 0 Å². The van der Waals surface area contributed by atoms with Gasteiger partial charge in [-0.1, -0.05) is 6.92 Å². The molecule has 0 bridgehead atoms. The Morgan fingerprint density at radius 1 is 1.27 bits per heavy atom. The predicted molar refractivity (Wildman–Crippen MR) is 152 cm³/mol. The summed E-state index contributed by atoms with van der Waals surface area (Å²) < 4.78 is 12.8. The molecule has 5 heterocycles. The van der Waals surface area contributed by atoms with Crippen LogP contribution in [-0.4, -0.2) is 75.8 Å². The minimum absolute atomic E-state index is 0.00934. The Balaban J connectivity index is 1.44. The van der Waals surface area contributed by atoms with Crippen LogP contribution in [0.3, 0.4) is 0 Å². The maximum absolute atomic E-state index is 13.5. The molecular weight excluding hydrogens is 526 g/mol. The number of benzene rings is 1. The van der Waals surface area contributed by atoms with Gasteiger partial charge in [0.2, 0.25) is 0 Å².